The molecule has 2 N–H and O–H groups in total. The van der Waals surface area contributed by atoms with Gasteiger partial charge in [0.25, 0.3) is 0 Å². The van der Waals surface area contributed by atoms with E-state index >= 15 is 0 Å². The van der Waals surface area contributed by atoms with E-state index in [2.05, 4.69) is 0 Å². The molecule has 1 aromatic carbocycles. The number of benzene rings is 1. The topological polar surface area (TPSA) is 49.8 Å². The van der Waals surface area contributed by atoms with Crippen LogP contribution >= 0.6 is 0 Å². The van der Waals surface area contributed by atoms with Gasteiger partial charge in [-0.05, 0) is 42.5 Å². The van der Waals surface area contributed by atoms with Crippen LogP contribution < -0.4 is 5.73 Å². The maximum atomic E-state index is 13.1. The molecular weight excluding hydrogens is 179 g/mol. The summed E-state index contributed by atoms with van der Waals surface area (Å²) in [7, 11) is 0. The average Bonchev–Trinajstić information content (AvgIpc) is 2.15. The van der Waals surface area contributed by atoms with Crippen molar-refractivity contribution < 1.29 is 4.39 Å². The molecule has 1 aliphatic carbocycles. The van der Waals surface area contributed by atoms with E-state index in [0.717, 1.165) is 24.0 Å². The second-order valence-electron chi connectivity index (χ2n) is 3.71. The van der Waals surface area contributed by atoms with Gasteiger partial charge in [-0.1, -0.05) is 0 Å². The van der Waals surface area contributed by atoms with Gasteiger partial charge < -0.3 is 5.73 Å². The van der Waals surface area contributed by atoms with Gasteiger partial charge in [-0.15, -0.1) is 0 Å². The molecule has 72 valence electrons. The number of fused-ring (bicyclic) bond motifs is 1. The Balaban J connectivity index is 2.53. The van der Waals surface area contributed by atoms with E-state index in [-0.39, 0.29) is 11.9 Å². The summed E-state index contributed by atoms with van der Waals surface area (Å²) in [6, 6.07) is 4.93. The number of hydrogen-bond donors (Lipinski definition) is 1. The smallest absolute Gasteiger partial charge is 0.124 e. The largest absolute Gasteiger partial charge is 0.327 e. The summed E-state index contributed by atoms with van der Waals surface area (Å²) in [5.74, 6) is -0.339. The molecule has 0 aromatic heterocycles. The van der Waals surface area contributed by atoms with Gasteiger partial charge in [0.05, 0.1) is 11.6 Å². The standard InChI is InChI=1S/C11H11FN2/c12-9-3-7-5-10(14)1-2-11(7)8(4-9)6-13/h3-4,10H,1-2,5,14H2/t10-/m0/s1. The highest BCUT2D eigenvalue weighted by molar-refractivity contribution is 5.45. The summed E-state index contributed by atoms with van der Waals surface area (Å²) in [6.07, 6.45) is 2.36. The fraction of sp³-hybridized carbons (Fsp3) is 0.364. The van der Waals surface area contributed by atoms with Crippen LogP contribution in [0.4, 0.5) is 4.39 Å². The maximum absolute atomic E-state index is 13.1. The number of nitrogens with zero attached hydrogens (tertiary/aromatic N) is 1. The van der Waals surface area contributed by atoms with E-state index in [1.807, 2.05) is 6.07 Å². The van der Waals surface area contributed by atoms with Crippen LogP contribution in [-0.2, 0) is 12.8 Å². The molecular formula is C11H11FN2. The van der Waals surface area contributed by atoms with E-state index in [0.29, 0.717) is 12.0 Å². The van der Waals surface area contributed by atoms with Gasteiger partial charge in [-0.2, -0.15) is 5.26 Å². The SMILES string of the molecule is N#Cc1cc(F)cc2c1CC[C@H](N)C2. The number of hydrogen-bond acceptors (Lipinski definition) is 2. The van der Waals surface area contributed by atoms with Crippen LogP contribution in [0.5, 0.6) is 0 Å². The van der Waals surface area contributed by atoms with E-state index in [9.17, 15) is 4.39 Å². The predicted octanol–water partition coefficient (Wildman–Crippen LogP) is 1.51. The number of nitriles is 1. The lowest BCUT2D eigenvalue weighted by Gasteiger charge is -2.22. The lowest BCUT2D eigenvalue weighted by molar-refractivity contribution is 0.564. The van der Waals surface area contributed by atoms with Gasteiger partial charge in [0.15, 0.2) is 0 Å². The highest BCUT2D eigenvalue weighted by atomic mass is 19.1. The van der Waals surface area contributed by atoms with Crippen LogP contribution in [0.25, 0.3) is 0 Å². The molecule has 0 unspecified atom stereocenters. The Hall–Kier alpha value is -1.40. The third-order valence-corrected chi connectivity index (χ3v) is 2.67. The van der Waals surface area contributed by atoms with E-state index < -0.39 is 0 Å². The van der Waals surface area contributed by atoms with Crippen molar-refractivity contribution in [1.29, 1.82) is 5.26 Å². The molecule has 0 bridgehead atoms. The molecule has 0 amide bonds. The van der Waals surface area contributed by atoms with Crippen molar-refractivity contribution in [2.45, 2.75) is 25.3 Å². The van der Waals surface area contributed by atoms with Gasteiger partial charge in [0.2, 0.25) is 0 Å². The number of nitrogens with two attached hydrogens (primary N) is 1. The van der Waals surface area contributed by atoms with Crippen molar-refractivity contribution in [1.82, 2.24) is 0 Å². The molecule has 2 nitrogen and oxygen atoms in total. The molecule has 0 aliphatic heterocycles. The number of rotatable bonds is 0. The summed E-state index contributed by atoms with van der Waals surface area (Å²) in [5, 5.41) is 8.84. The zero-order valence-corrected chi connectivity index (χ0v) is 7.76. The Bertz CT molecular complexity index is 406. The second-order valence-corrected chi connectivity index (χ2v) is 3.71. The minimum atomic E-state index is -0.339. The van der Waals surface area contributed by atoms with Crippen molar-refractivity contribution >= 4 is 0 Å². The number of halogens is 1. The van der Waals surface area contributed by atoms with Gasteiger partial charge >= 0.3 is 0 Å². The highest BCUT2D eigenvalue weighted by Gasteiger charge is 2.19. The first-order valence-corrected chi connectivity index (χ1v) is 4.67. The Morgan fingerprint density at radius 1 is 1.50 bits per heavy atom. The summed E-state index contributed by atoms with van der Waals surface area (Å²) < 4.78 is 13.1. The Labute approximate surface area is 82.1 Å². The maximum Gasteiger partial charge on any atom is 0.124 e. The van der Waals surface area contributed by atoms with Crippen LogP contribution in [-0.4, -0.2) is 6.04 Å². The third kappa shape index (κ3) is 1.49. The summed E-state index contributed by atoms with van der Waals surface area (Å²) >= 11 is 0. The van der Waals surface area contributed by atoms with Crippen molar-refractivity contribution in [3.8, 4) is 6.07 Å². The minimum absolute atomic E-state index is 0.107. The average molecular weight is 190 g/mol. The normalized spacial score (nSPS) is 19.9. The fourth-order valence-electron chi connectivity index (χ4n) is 1.98. The first-order chi connectivity index (χ1) is 6.70. The zero-order chi connectivity index (χ0) is 10.1. The Morgan fingerprint density at radius 3 is 3.00 bits per heavy atom. The lowest BCUT2D eigenvalue weighted by atomic mass is 9.86. The molecule has 0 radical (unpaired) electrons. The molecule has 3 heteroatoms. The third-order valence-electron chi connectivity index (χ3n) is 2.67. The van der Waals surface area contributed by atoms with E-state index in [4.69, 9.17) is 11.0 Å². The second kappa shape index (κ2) is 3.39. The Kier molecular flexibility index (Phi) is 2.22. The molecule has 0 fully saturated rings. The summed E-state index contributed by atoms with van der Waals surface area (Å²) in [6.45, 7) is 0. The molecule has 0 heterocycles. The first kappa shape index (κ1) is 9.17. The van der Waals surface area contributed by atoms with E-state index in [1.165, 1.54) is 12.1 Å². The van der Waals surface area contributed by atoms with Crippen molar-refractivity contribution in [2.24, 2.45) is 5.73 Å². The van der Waals surface area contributed by atoms with Crippen LogP contribution in [0.15, 0.2) is 12.1 Å². The summed E-state index contributed by atoms with van der Waals surface area (Å²) in [4.78, 5) is 0. The molecule has 0 spiro atoms. The monoisotopic (exact) mass is 190 g/mol. The molecule has 1 atom stereocenters. The van der Waals surface area contributed by atoms with Crippen molar-refractivity contribution in [3.63, 3.8) is 0 Å². The van der Waals surface area contributed by atoms with Crippen LogP contribution in [0.2, 0.25) is 0 Å². The van der Waals surface area contributed by atoms with Crippen LogP contribution in [0.3, 0.4) is 0 Å². The predicted molar refractivity (Wildman–Crippen MR) is 51.1 cm³/mol. The van der Waals surface area contributed by atoms with Crippen molar-refractivity contribution in [3.05, 3.63) is 34.6 Å². The summed E-state index contributed by atoms with van der Waals surface area (Å²) in [5.41, 5.74) is 8.14. The van der Waals surface area contributed by atoms with Gasteiger partial charge in [-0.25, -0.2) is 4.39 Å². The van der Waals surface area contributed by atoms with Crippen LogP contribution in [0, 0.1) is 17.1 Å². The van der Waals surface area contributed by atoms with E-state index in [1.54, 1.807) is 0 Å². The van der Waals surface area contributed by atoms with Crippen LogP contribution in [0.1, 0.15) is 23.1 Å². The van der Waals surface area contributed by atoms with Gasteiger partial charge in [-0.3, -0.25) is 0 Å². The lowest BCUT2D eigenvalue weighted by Crippen LogP contribution is -2.28. The molecule has 0 saturated carbocycles. The first-order valence-electron chi connectivity index (χ1n) is 4.67. The van der Waals surface area contributed by atoms with Crippen molar-refractivity contribution in [2.75, 3.05) is 0 Å². The fourth-order valence-corrected chi connectivity index (χ4v) is 1.98. The quantitative estimate of drug-likeness (QED) is 0.674. The molecule has 0 saturated heterocycles. The van der Waals surface area contributed by atoms with Gasteiger partial charge in [0, 0.05) is 6.04 Å². The molecule has 14 heavy (non-hydrogen) atoms. The molecule has 2 rings (SSSR count). The van der Waals surface area contributed by atoms with Gasteiger partial charge in [0.1, 0.15) is 5.82 Å². The highest BCUT2D eigenvalue weighted by Crippen LogP contribution is 2.24. The Morgan fingerprint density at radius 2 is 2.29 bits per heavy atom. The molecule has 1 aromatic rings. The zero-order valence-electron chi connectivity index (χ0n) is 7.76. The molecule has 1 aliphatic rings. The minimum Gasteiger partial charge on any atom is -0.327 e.